The van der Waals surface area contributed by atoms with Crippen LogP contribution in [0.25, 0.3) is 0 Å². The Morgan fingerprint density at radius 1 is 1.24 bits per heavy atom. The number of nitrogens with zero attached hydrogens (tertiary/aromatic N) is 4. The van der Waals surface area contributed by atoms with Crippen LogP contribution in [-0.4, -0.2) is 58.2 Å². The Balaban J connectivity index is 1.52. The molecule has 0 radical (unpaired) electrons. The Kier molecular flexibility index (Phi) is 5.24. The van der Waals surface area contributed by atoms with Gasteiger partial charge in [0.25, 0.3) is 0 Å². The SMILES string of the molecule is Cn1cc(CCC(=O)N2CC[C@@]3(CCCN(CC(C)(C)C)C3)C2)cn1. The molecule has 0 aliphatic carbocycles. The maximum atomic E-state index is 12.6. The molecular formula is C20H34N4O. The summed E-state index contributed by atoms with van der Waals surface area (Å²) >= 11 is 0. The van der Waals surface area contributed by atoms with Gasteiger partial charge in [-0.1, -0.05) is 20.8 Å². The first-order valence-corrected chi connectivity index (χ1v) is 9.72. The van der Waals surface area contributed by atoms with Gasteiger partial charge in [-0.25, -0.2) is 0 Å². The largest absolute Gasteiger partial charge is 0.342 e. The number of hydrogen-bond donors (Lipinski definition) is 0. The van der Waals surface area contributed by atoms with E-state index in [9.17, 15) is 4.79 Å². The van der Waals surface area contributed by atoms with Gasteiger partial charge >= 0.3 is 0 Å². The van der Waals surface area contributed by atoms with Gasteiger partial charge in [0.2, 0.25) is 5.91 Å². The molecule has 140 valence electrons. The molecule has 3 rings (SSSR count). The molecule has 0 aromatic carbocycles. The van der Waals surface area contributed by atoms with Gasteiger partial charge in [-0.2, -0.15) is 5.10 Å². The maximum absolute atomic E-state index is 12.6. The van der Waals surface area contributed by atoms with Gasteiger partial charge in [0.15, 0.2) is 0 Å². The number of carbonyl (C=O) groups is 1. The van der Waals surface area contributed by atoms with Crippen molar-refractivity contribution < 1.29 is 4.79 Å². The first kappa shape index (κ1) is 18.4. The lowest BCUT2D eigenvalue weighted by Crippen LogP contribution is -2.47. The van der Waals surface area contributed by atoms with E-state index in [-0.39, 0.29) is 0 Å². The molecule has 2 saturated heterocycles. The Morgan fingerprint density at radius 3 is 2.72 bits per heavy atom. The number of hydrogen-bond acceptors (Lipinski definition) is 3. The van der Waals surface area contributed by atoms with Crippen molar-refractivity contribution in [1.29, 1.82) is 0 Å². The van der Waals surface area contributed by atoms with Crippen molar-refractivity contribution in [2.24, 2.45) is 17.9 Å². The molecule has 2 aliphatic heterocycles. The number of amides is 1. The molecule has 2 aliphatic rings. The zero-order chi connectivity index (χ0) is 18.1. The number of aromatic nitrogens is 2. The van der Waals surface area contributed by atoms with Crippen molar-refractivity contribution >= 4 is 5.91 Å². The Morgan fingerprint density at radius 2 is 2.04 bits per heavy atom. The highest BCUT2D eigenvalue weighted by Gasteiger charge is 2.42. The Hall–Kier alpha value is -1.36. The fraction of sp³-hybridized carbons (Fsp3) is 0.800. The van der Waals surface area contributed by atoms with E-state index in [1.54, 1.807) is 4.68 Å². The third kappa shape index (κ3) is 4.84. The normalized spacial score (nSPS) is 25.0. The van der Waals surface area contributed by atoms with Gasteiger partial charge in [-0.15, -0.1) is 0 Å². The third-order valence-electron chi connectivity index (χ3n) is 5.62. The predicted octanol–water partition coefficient (Wildman–Crippen LogP) is 2.71. The van der Waals surface area contributed by atoms with Crippen LogP contribution >= 0.6 is 0 Å². The first-order valence-electron chi connectivity index (χ1n) is 9.72. The average molecular weight is 347 g/mol. The summed E-state index contributed by atoms with van der Waals surface area (Å²) in [6.45, 7) is 12.4. The smallest absolute Gasteiger partial charge is 0.222 e. The molecule has 5 heteroatoms. The second kappa shape index (κ2) is 7.10. The molecule has 1 aromatic heterocycles. The lowest BCUT2D eigenvalue weighted by molar-refractivity contribution is -0.130. The van der Waals surface area contributed by atoms with Gasteiger partial charge in [0, 0.05) is 51.3 Å². The van der Waals surface area contributed by atoms with Crippen LogP contribution < -0.4 is 0 Å². The highest BCUT2D eigenvalue weighted by molar-refractivity contribution is 5.76. The number of carbonyl (C=O) groups excluding carboxylic acids is 1. The summed E-state index contributed by atoms with van der Waals surface area (Å²) in [7, 11) is 1.92. The van der Waals surface area contributed by atoms with Gasteiger partial charge in [0.05, 0.1) is 6.20 Å². The van der Waals surface area contributed by atoms with E-state index < -0.39 is 0 Å². The van der Waals surface area contributed by atoms with Crippen LogP contribution in [-0.2, 0) is 18.3 Å². The van der Waals surface area contributed by atoms with Crippen LogP contribution in [0.5, 0.6) is 0 Å². The van der Waals surface area contributed by atoms with Crippen LogP contribution in [0, 0.1) is 10.8 Å². The minimum absolute atomic E-state index is 0.314. The number of piperidine rings is 1. The molecule has 2 fully saturated rings. The molecule has 0 unspecified atom stereocenters. The zero-order valence-electron chi connectivity index (χ0n) is 16.4. The van der Waals surface area contributed by atoms with E-state index in [0.717, 1.165) is 38.2 Å². The van der Waals surface area contributed by atoms with Gasteiger partial charge in [-0.05, 0) is 43.2 Å². The van der Waals surface area contributed by atoms with Gasteiger partial charge < -0.3 is 9.80 Å². The summed E-state index contributed by atoms with van der Waals surface area (Å²) in [5, 5.41) is 4.18. The summed E-state index contributed by atoms with van der Waals surface area (Å²) in [5.74, 6) is 0.314. The summed E-state index contributed by atoms with van der Waals surface area (Å²) in [6, 6.07) is 0. The Labute approximate surface area is 152 Å². The number of likely N-dealkylation sites (tertiary alicyclic amines) is 2. The van der Waals surface area contributed by atoms with Gasteiger partial charge in [-0.3, -0.25) is 9.48 Å². The van der Waals surface area contributed by atoms with Crippen LogP contribution in [0.3, 0.4) is 0 Å². The summed E-state index contributed by atoms with van der Waals surface area (Å²) in [5.41, 5.74) is 1.84. The van der Waals surface area contributed by atoms with Crippen molar-refractivity contribution in [2.45, 2.75) is 52.9 Å². The maximum Gasteiger partial charge on any atom is 0.222 e. The fourth-order valence-electron chi connectivity index (χ4n) is 4.61. The van der Waals surface area contributed by atoms with E-state index in [1.165, 1.54) is 25.8 Å². The van der Waals surface area contributed by atoms with E-state index in [2.05, 4.69) is 35.7 Å². The lowest BCUT2D eigenvalue weighted by Gasteiger charge is -2.42. The zero-order valence-corrected chi connectivity index (χ0v) is 16.4. The van der Waals surface area contributed by atoms with E-state index >= 15 is 0 Å². The minimum atomic E-state index is 0.314. The van der Waals surface area contributed by atoms with Crippen molar-refractivity contribution in [1.82, 2.24) is 19.6 Å². The molecule has 0 bridgehead atoms. The fourth-order valence-corrected chi connectivity index (χ4v) is 4.61. The van der Waals surface area contributed by atoms with E-state index in [1.807, 2.05) is 19.4 Å². The predicted molar refractivity (Wildman–Crippen MR) is 100 cm³/mol. The number of rotatable bonds is 4. The molecule has 5 nitrogen and oxygen atoms in total. The lowest BCUT2D eigenvalue weighted by atomic mass is 9.78. The molecule has 1 amide bonds. The van der Waals surface area contributed by atoms with Crippen LogP contribution in [0.2, 0.25) is 0 Å². The third-order valence-corrected chi connectivity index (χ3v) is 5.62. The van der Waals surface area contributed by atoms with Crippen molar-refractivity contribution in [2.75, 3.05) is 32.7 Å². The number of aryl methyl sites for hydroxylation is 2. The van der Waals surface area contributed by atoms with Gasteiger partial charge in [0.1, 0.15) is 0 Å². The average Bonchev–Trinajstić information content (AvgIpc) is 3.10. The van der Waals surface area contributed by atoms with E-state index in [0.29, 0.717) is 23.2 Å². The van der Waals surface area contributed by atoms with Crippen LogP contribution in [0.15, 0.2) is 12.4 Å². The second-order valence-electron chi connectivity index (χ2n) is 9.46. The van der Waals surface area contributed by atoms with E-state index in [4.69, 9.17) is 0 Å². The molecule has 0 saturated carbocycles. The molecule has 1 atom stereocenters. The standard InChI is InChI=1S/C20H34N4O/c1-19(2,3)14-23-10-5-8-20(15-23)9-11-24(16-20)18(25)7-6-17-12-21-22(4)13-17/h12-13H,5-11,14-16H2,1-4H3/t20-/m1/s1. The summed E-state index contributed by atoms with van der Waals surface area (Å²) in [4.78, 5) is 17.4. The summed E-state index contributed by atoms with van der Waals surface area (Å²) < 4.78 is 1.80. The minimum Gasteiger partial charge on any atom is -0.342 e. The topological polar surface area (TPSA) is 41.4 Å². The van der Waals surface area contributed by atoms with Crippen molar-refractivity contribution in [3.8, 4) is 0 Å². The monoisotopic (exact) mass is 346 g/mol. The highest BCUT2D eigenvalue weighted by Crippen LogP contribution is 2.39. The van der Waals surface area contributed by atoms with Crippen LogP contribution in [0.1, 0.15) is 52.0 Å². The molecule has 0 N–H and O–H groups in total. The molecule has 25 heavy (non-hydrogen) atoms. The highest BCUT2D eigenvalue weighted by atomic mass is 16.2. The first-order chi connectivity index (χ1) is 11.7. The molecule has 3 heterocycles. The molecular weight excluding hydrogens is 312 g/mol. The van der Waals surface area contributed by atoms with Crippen molar-refractivity contribution in [3.05, 3.63) is 18.0 Å². The molecule has 1 aromatic rings. The second-order valence-corrected chi connectivity index (χ2v) is 9.46. The quantitative estimate of drug-likeness (QED) is 0.842. The van der Waals surface area contributed by atoms with Crippen molar-refractivity contribution in [3.63, 3.8) is 0 Å². The summed E-state index contributed by atoms with van der Waals surface area (Å²) in [6.07, 6.45) is 8.99. The Bertz CT molecular complexity index is 603. The van der Waals surface area contributed by atoms with Crippen LogP contribution in [0.4, 0.5) is 0 Å². The molecule has 1 spiro atoms.